The van der Waals surface area contributed by atoms with E-state index >= 15 is 0 Å². The molecule has 1 amide bonds. The molecule has 2 heterocycles. The highest BCUT2D eigenvalue weighted by molar-refractivity contribution is 7.10. The minimum atomic E-state index is -0.421. The van der Waals surface area contributed by atoms with E-state index in [0.29, 0.717) is 30.2 Å². The fourth-order valence-electron chi connectivity index (χ4n) is 3.32. The summed E-state index contributed by atoms with van der Waals surface area (Å²) in [6, 6.07) is 7.41. The van der Waals surface area contributed by atoms with Gasteiger partial charge in [-0.05, 0) is 43.4 Å². The molecule has 0 saturated carbocycles. The van der Waals surface area contributed by atoms with Crippen molar-refractivity contribution >= 4 is 23.2 Å². The molecule has 1 aliphatic heterocycles. The Labute approximate surface area is 161 Å². The number of thiophene rings is 1. The van der Waals surface area contributed by atoms with Gasteiger partial charge in [0.05, 0.1) is 12.1 Å². The first-order valence-corrected chi connectivity index (χ1v) is 10.00. The van der Waals surface area contributed by atoms with Gasteiger partial charge in [0.25, 0.3) is 5.91 Å². The molecule has 7 heteroatoms. The number of hydrogen-bond acceptors (Lipinski definition) is 6. The molecule has 1 atom stereocenters. The Morgan fingerprint density at radius 3 is 2.89 bits per heavy atom. The Morgan fingerprint density at radius 1 is 1.19 bits per heavy atom. The van der Waals surface area contributed by atoms with Crippen LogP contribution < -0.4 is 14.8 Å². The van der Waals surface area contributed by atoms with Crippen molar-refractivity contribution in [3.8, 4) is 11.5 Å². The molecule has 0 saturated heterocycles. The highest BCUT2D eigenvalue weighted by atomic mass is 32.1. The van der Waals surface area contributed by atoms with Crippen LogP contribution in [-0.4, -0.2) is 37.7 Å². The first-order valence-electron chi connectivity index (χ1n) is 9.12. The SMILES string of the molecule is O=C(COC(=O)c1csc2c1CCCC2)NCC1COc2ccccc2O1. The number of para-hydroxylation sites is 2. The van der Waals surface area contributed by atoms with Gasteiger partial charge in [-0.15, -0.1) is 11.3 Å². The first kappa shape index (κ1) is 17.9. The van der Waals surface area contributed by atoms with Gasteiger partial charge in [-0.1, -0.05) is 12.1 Å². The zero-order valence-electron chi connectivity index (χ0n) is 14.9. The van der Waals surface area contributed by atoms with E-state index in [2.05, 4.69) is 5.32 Å². The van der Waals surface area contributed by atoms with Crippen molar-refractivity contribution in [3.63, 3.8) is 0 Å². The van der Waals surface area contributed by atoms with Gasteiger partial charge in [0.1, 0.15) is 12.7 Å². The number of benzene rings is 1. The van der Waals surface area contributed by atoms with Crippen molar-refractivity contribution in [1.29, 1.82) is 0 Å². The van der Waals surface area contributed by atoms with Gasteiger partial charge < -0.3 is 19.5 Å². The Hall–Kier alpha value is -2.54. The lowest BCUT2D eigenvalue weighted by Crippen LogP contribution is -2.42. The molecule has 1 N–H and O–H groups in total. The van der Waals surface area contributed by atoms with E-state index < -0.39 is 5.97 Å². The molecule has 142 valence electrons. The van der Waals surface area contributed by atoms with Crippen LogP contribution in [0.1, 0.15) is 33.6 Å². The summed E-state index contributed by atoms with van der Waals surface area (Å²) in [5.41, 5.74) is 1.71. The van der Waals surface area contributed by atoms with E-state index in [1.165, 1.54) is 11.3 Å². The first-order chi connectivity index (χ1) is 13.2. The minimum Gasteiger partial charge on any atom is -0.486 e. The Kier molecular flexibility index (Phi) is 5.29. The lowest BCUT2D eigenvalue weighted by Gasteiger charge is -2.26. The summed E-state index contributed by atoms with van der Waals surface area (Å²) in [6.45, 7) is 0.351. The van der Waals surface area contributed by atoms with Gasteiger partial charge >= 0.3 is 5.97 Å². The molecule has 1 aromatic carbocycles. The largest absolute Gasteiger partial charge is 0.486 e. The summed E-state index contributed by atoms with van der Waals surface area (Å²) in [5.74, 6) is 0.593. The van der Waals surface area contributed by atoms with E-state index in [4.69, 9.17) is 14.2 Å². The number of hydrogen-bond donors (Lipinski definition) is 1. The van der Waals surface area contributed by atoms with Crippen molar-refractivity contribution in [2.75, 3.05) is 19.8 Å². The van der Waals surface area contributed by atoms with Gasteiger partial charge in [-0.2, -0.15) is 0 Å². The van der Waals surface area contributed by atoms with Gasteiger partial charge in [0, 0.05) is 10.3 Å². The third-order valence-electron chi connectivity index (χ3n) is 4.71. The number of amides is 1. The summed E-state index contributed by atoms with van der Waals surface area (Å²) in [5, 5.41) is 4.58. The molecule has 0 fully saturated rings. The van der Waals surface area contributed by atoms with Crippen molar-refractivity contribution < 1.29 is 23.8 Å². The molecule has 0 radical (unpaired) electrons. The maximum absolute atomic E-state index is 12.3. The lowest BCUT2D eigenvalue weighted by molar-refractivity contribution is -0.124. The van der Waals surface area contributed by atoms with Gasteiger partial charge in [-0.25, -0.2) is 4.79 Å². The molecule has 0 spiro atoms. The van der Waals surface area contributed by atoms with Gasteiger partial charge in [-0.3, -0.25) is 4.79 Å². The fourth-order valence-corrected chi connectivity index (χ4v) is 4.43. The van der Waals surface area contributed by atoms with E-state index in [1.54, 1.807) is 11.3 Å². The summed E-state index contributed by atoms with van der Waals surface area (Å²) in [4.78, 5) is 25.6. The van der Waals surface area contributed by atoms with Crippen LogP contribution in [0, 0.1) is 0 Å². The average Bonchev–Trinajstić information content (AvgIpc) is 3.14. The maximum atomic E-state index is 12.3. The second-order valence-electron chi connectivity index (χ2n) is 6.64. The smallest absolute Gasteiger partial charge is 0.339 e. The van der Waals surface area contributed by atoms with Crippen molar-refractivity contribution in [3.05, 3.63) is 45.6 Å². The molecule has 2 aromatic rings. The van der Waals surface area contributed by atoms with Crippen LogP contribution in [0.3, 0.4) is 0 Å². The van der Waals surface area contributed by atoms with Crippen LogP contribution >= 0.6 is 11.3 Å². The van der Waals surface area contributed by atoms with E-state index in [-0.39, 0.29) is 18.6 Å². The van der Waals surface area contributed by atoms with Crippen LogP contribution in [0.4, 0.5) is 0 Å². The molecule has 6 nitrogen and oxygen atoms in total. The van der Waals surface area contributed by atoms with Crippen LogP contribution in [-0.2, 0) is 22.4 Å². The predicted octanol–water partition coefficient (Wildman–Crippen LogP) is 2.74. The second-order valence-corrected chi connectivity index (χ2v) is 7.60. The van der Waals surface area contributed by atoms with Gasteiger partial charge in [0.15, 0.2) is 18.1 Å². The molecule has 27 heavy (non-hydrogen) atoms. The number of ether oxygens (including phenoxy) is 3. The summed E-state index contributed by atoms with van der Waals surface area (Å²) >= 11 is 1.61. The topological polar surface area (TPSA) is 73.9 Å². The summed E-state index contributed by atoms with van der Waals surface area (Å²) in [6.07, 6.45) is 3.93. The lowest BCUT2D eigenvalue weighted by atomic mass is 9.96. The van der Waals surface area contributed by atoms with Crippen LogP contribution in [0.2, 0.25) is 0 Å². The zero-order valence-corrected chi connectivity index (χ0v) is 15.7. The molecule has 1 aromatic heterocycles. The molecule has 4 rings (SSSR count). The van der Waals surface area contributed by atoms with Crippen LogP contribution in [0.25, 0.3) is 0 Å². The normalized spacial score (nSPS) is 17.7. The second kappa shape index (κ2) is 8.00. The highest BCUT2D eigenvalue weighted by Crippen LogP contribution is 2.31. The van der Waals surface area contributed by atoms with E-state index in [0.717, 1.165) is 24.8 Å². The Bertz CT molecular complexity index is 847. The number of esters is 1. The Morgan fingerprint density at radius 2 is 2.00 bits per heavy atom. The third kappa shape index (κ3) is 4.08. The number of rotatable bonds is 5. The number of carbonyl (C=O) groups is 2. The molecular formula is C20H21NO5S. The molecular weight excluding hydrogens is 366 g/mol. The molecule has 0 bridgehead atoms. The predicted molar refractivity (Wildman–Crippen MR) is 101 cm³/mol. The number of aryl methyl sites for hydroxylation is 1. The Balaban J connectivity index is 1.23. The van der Waals surface area contributed by atoms with Crippen molar-refractivity contribution in [2.45, 2.75) is 31.8 Å². The van der Waals surface area contributed by atoms with Crippen LogP contribution in [0.15, 0.2) is 29.6 Å². The number of nitrogens with one attached hydrogen (secondary N) is 1. The van der Waals surface area contributed by atoms with Gasteiger partial charge in [0.2, 0.25) is 0 Å². The summed E-state index contributed by atoms with van der Waals surface area (Å²) in [7, 11) is 0. The monoisotopic (exact) mass is 387 g/mol. The van der Waals surface area contributed by atoms with E-state index in [9.17, 15) is 9.59 Å². The average molecular weight is 387 g/mol. The fraction of sp³-hybridized carbons (Fsp3) is 0.400. The summed E-state index contributed by atoms with van der Waals surface area (Å²) < 4.78 is 16.6. The molecule has 2 aliphatic rings. The number of carbonyl (C=O) groups excluding carboxylic acids is 2. The maximum Gasteiger partial charge on any atom is 0.339 e. The van der Waals surface area contributed by atoms with Crippen molar-refractivity contribution in [2.24, 2.45) is 0 Å². The standard InChI is InChI=1S/C20H21NO5S/c22-19(21-9-13-10-24-16-6-2-3-7-17(16)26-13)11-25-20(23)15-12-27-18-8-4-1-5-14(15)18/h2-3,6-7,12-13H,1,4-5,8-11H2,(H,21,22). The molecule has 1 unspecified atom stereocenters. The minimum absolute atomic E-state index is 0.275. The molecule has 1 aliphatic carbocycles. The van der Waals surface area contributed by atoms with Crippen LogP contribution in [0.5, 0.6) is 11.5 Å². The third-order valence-corrected chi connectivity index (χ3v) is 5.80. The quantitative estimate of drug-likeness (QED) is 0.799. The number of fused-ring (bicyclic) bond motifs is 2. The van der Waals surface area contributed by atoms with Crippen molar-refractivity contribution in [1.82, 2.24) is 5.32 Å². The zero-order chi connectivity index (χ0) is 18.6. The highest BCUT2D eigenvalue weighted by Gasteiger charge is 2.23. The van der Waals surface area contributed by atoms with E-state index in [1.807, 2.05) is 29.6 Å².